The molecule has 1 aromatic rings. The Kier molecular flexibility index (Phi) is 7.55. The van der Waals surface area contributed by atoms with Gasteiger partial charge in [-0.15, -0.1) is 0 Å². The van der Waals surface area contributed by atoms with Crippen LogP contribution < -0.4 is 14.8 Å². The van der Waals surface area contributed by atoms with E-state index in [1.54, 1.807) is 20.5 Å². The second-order valence-electron chi connectivity index (χ2n) is 4.59. The molecular formula is C14H22BrNO3S. The second-order valence-corrected chi connectivity index (χ2v) is 7.24. The van der Waals surface area contributed by atoms with Crippen LogP contribution in [0.3, 0.4) is 0 Å². The maximum Gasteiger partial charge on any atom is 0.174 e. The third kappa shape index (κ3) is 5.07. The first kappa shape index (κ1) is 17.5. The van der Waals surface area contributed by atoms with Crippen LogP contribution in [0.5, 0.6) is 11.5 Å². The van der Waals surface area contributed by atoms with E-state index in [2.05, 4.69) is 21.2 Å². The van der Waals surface area contributed by atoms with Crippen molar-refractivity contribution in [1.82, 2.24) is 5.32 Å². The maximum absolute atomic E-state index is 11.3. The zero-order valence-electron chi connectivity index (χ0n) is 12.4. The number of hydrogen-bond donors (Lipinski definition) is 1. The van der Waals surface area contributed by atoms with Gasteiger partial charge in [-0.3, -0.25) is 4.21 Å². The fraction of sp³-hybridized carbons (Fsp3) is 0.571. The van der Waals surface area contributed by atoms with Gasteiger partial charge in [-0.2, -0.15) is 0 Å². The van der Waals surface area contributed by atoms with E-state index < -0.39 is 10.8 Å². The van der Waals surface area contributed by atoms with Crippen molar-refractivity contribution in [3.63, 3.8) is 0 Å². The normalized spacial score (nSPS) is 13.8. The molecule has 0 saturated carbocycles. The van der Waals surface area contributed by atoms with Crippen molar-refractivity contribution in [2.75, 3.05) is 27.0 Å². The molecule has 0 heterocycles. The third-order valence-corrected chi connectivity index (χ3v) is 5.07. The van der Waals surface area contributed by atoms with Gasteiger partial charge in [0.05, 0.1) is 18.7 Å². The summed E-state index contributed by atoms with van der Waals surface area (Å²) in [5.74, 6) is 1.41. The highest BCUT2D eigenvalue weighted by atomic mass is 79.9. The van der Waals surface area contributed by atoms with Crippen LogP contribution in [0, 0.1) is 0 Å². The van der Waals surface area contributed by atoms with Crippen LogP contribution in [0.15, 0.2) is 16.6 Å². The molecule has 1 N–H and O–H groups in total. The zero-order valence-corrected chi connectivity index (χ0v) is 14.8. The number of hydrogen-bond acceptors (Lipinski definition) is 4. The molecule has 0 saturated heterocycles. The van der Waals surface area contributed by atoms with E-state index in [0.29, 0.717) is 11.5 Å². The highest BCUT2D eigenvalue weighted by Gasteiger charge is 2.10. The first-order chi connectivity index (χ1) is 9.49. The van der Waals surface area contributed by atoms with Crippen LogP contribution in [0.1, 0.15) is 18.9 Å². The topological polar surface area (TPSA) is 47.6 Å². The molecule has 6 heteroatoms. The van der Waals surface area contributed by atoms with E-state index in [9.17, 15) is 4.21 Å². The Labute approximate surface area is 131 Å². The summed E-state index contributed by atoms with van der Waals surface area (Å²) in [6.07, 6.45) is 2.65. The van der Waals surface area contributed by atoms with Crippen molar-refractivity contribution < 1.29 is 13.7 Å². The van der Waals surface area contributed by atoms with Crippen molar-refractivity contribution in [2.45, 2.75) is 25.1 Å². The smallest absolute Gasteiger partial charge is 0.174 e. The lowest BCUT2D eigenvalue weighted by Gasteiger charge is -2.13. The molecule has 0 amide bonds. The quantitative estimate of drug-likeness (QED) is 0.721. The van der Waals surface area contributed by atoms with Gasteiger partial charge in [-0.05, 0) is 46.6 Å². The molecule has 0 aliphatic carbocycles. The minimum atomic E-state index is -0.755. The number of methoxy groups -OCH3 is 2. The number of benzene rings is 1. The van der Waals surface area contributed by atoms with E-state index in [0.717, 1.165) is 29.5 Å². The van der Waals surface area contributed by atoms with Gasteiger partial charge < -0.3 is 14.8 Å². The van der Waals surface area contributed by atoms with E-state index >= 15 is 0 Å². The third-order valence-electron chi connectivity index (χ3n) is 3.12. The van der Waals surface area contributed by atoms with E-state index in [-0.39, 0.29) is 5.25 Å². The second kappa shape index (κ2) is 8.64. The molecule has 2 unspecified atom stereocenters. The van der Waals surface area contributed by atoms with Crippen molar-refractivity contribution in [1.29, 1.82) is 0 Å². The largest absolute Gasteiger partial charge is 0.493 e. The highest BCUT2D eigenvalue weighted by Crippen LogP contribution is 2.36. The average Bonchev–Trinajstić information content (AvgIpc) is 2.42. The maximum atomic E-state index is 11.3. The summed E-state index contributed by atoms with van der Waals surface area (Å²) in [7, 11) is 2.49. The first-order valence-electron chi connectivity index (χ1n) is 6.43. The molecule has 0 fully saturated rings. The fourth-order valence-corrected chi connectivity index (χ4v) is 2.88. The van der Waals surface area contributed by atoms with E-state index in [4.69, 9.17) is 9.47 Å². The number of halogens is 1. The number of nitrogens with one attached hydrogen (secondary N) is 1. The molecule has 114 valence electrons. The molecule has 0 radical (unpaired) electrons. The fourth-order valence-electron chi connectivity index (χ4n) is 1.78. The monoisotopic (exact) mass is 363 g/mol. The van der Waals surface area contributed by atoms with Gasteiger partial charge in [0.25, 0.3) is 0 Å². The summed E-state index contributed by atoms with van der Waals surface area (Å²) in [5, 5.41) is 3.57. The number of ether oxygens (including phenoxy) is 2. The van der Waals surface area contributed by atoms with Crippen LogP contribution >= 0.6 is 15.9 Å². The Balaban J connectivity index is 2.56. The summed E-state index contributed by atoms with van der Waals surface area (Å²) in [6.45, 7) is 3.58. The molecule has 0 aromatic heterocycles. The Morgan fingerprint density at radius 1 is 1.35 bits per heavy atom. The number of rotatable bonds is 8. The Morgan fingerprint density at radius 3 is 2.60 bits per heavy atom. The lowest BCUT2D eigenvalue weighted by Crippen LogP contribution is -2.21. The molecule has 0 spiro atoms. The van der Waals surface area contributed by atoms with Gasteiger partial charge in [0, 0.05) is 28.9 Å². The Morgan fingerprint density at radius 2 is 2.05 bits per heavy atom. The minimum absolute atomic E-state index is 0.222. The summed E-state index contributed by atoms with van der Waals surface area (Å²) in [6, 6.07) is 3.97. The van der Waals surface area contributed by atoms with Crippen LogP contribution in [-0.2, 0) is 17.3 Å². The van der Waals surface area contributed by atoms with Gasteiger partial charge in [0.2, 0.25) is 0 Å². The van der Waals surface area contributed by atoms with Crippen molar-refractivity contribution in [3.05, 3.63) is 22.2 Å². The summed E-state index contributed by atoms with van der Waals surface area (Å²) in [5.41, 5.74) is 1.11. The molecule has 1 rings (SSSR count). The standard InChI is InChI=1S/C14H22BrNO3S/c1-10(20(4)17)5-6-16-9-11-7-12(15)14(19-3)13(8-11)18-2/h7-8,10,16H,5-6,9H2,1-4H3. The summed E-state index contributed by atoms with van der Waals surface area (Å²) >= 11 is 3.48. The lowest BCUT2D eigenvalue weighted by atomic mass is 10.2. The summed E-state index contributed by atoms with van der Waals surface area (Å²) in [4.78, 5) is 0. The van der Waals surface area contributed by atoms with Gasteiger partial charge >= 0.3 is 0 Å². The van der Waals surface area contributed by atoms with Crippen LogP contribution in [-0.4, -0.2) is 36.5 Å². The molecule has 2 atom stereocenters. The minimum Gasteiger partial charge on any atom is -0.493 e. The van der Waals surface area contributed by atoms with Crippen LogP contribution in [0.4, 0.5) is 0 Å². The van der Waals surface area contributed by atoms with Crippen molar-refractivity contribution in [2.24, 2.45) is 0 Å². The Hall–Kier alpha value is -0.590. The van der Waals surface area contributed by atoms with Gasteiger partial charge in [-0.1, -0.05) is 6.92 Å². The molecule has 0 aliphatic rings. The van der Waals surface area contributed by atoms with Crippen molar-refractivity contribution in [3.8, 4) is 11.5 Å². The van der Waals surface area contributed by atoms with Gasteiger partial charge in [0.15, 0.2) is 11.5 Å². The highest BCUT2D eigenvalue weighted by molar-refractivity contribution is 9.10. The summed E-state index contributed by atoms with van der Waals surface area (Å²) < 4.78 is 22.7. The lowest BCUT2D eigenvalue weighted by molar-refractivity contribution is 0.352. The molecular weight excluding hydrogens is 342 g/mol. The van der Waals surface area contributed by atoms with Crippen LogP contribution in [0.25, 0.3) is 0 Å². The molecule has 4 nitrogen and oxygen atoms in total. The zero-order chi connectivity index (χ0) is 15.1. The molecule has 1 aromatic carbocycles. The Bertz CT molecular complexity index is 468. The van der Waals surface area contributed by atoms with Crippen LogP contribution in [0.2, 0.25) is 0 Å². The van der Waals surface area contributed by atoms with E-state index in [1.807, 2.05) is 19.1 Å². The average molecular weight is 364 g/mol. The van der Waals surface area contributed by atoms with Gasteiger partial charge in [0.1, 0.15) is 0 Å². The molecule has 0 aliphatic heterocycles. The molecule has 0 bridgehead atoms. The SMILES string of the molecule is COc1cc(CNCCC(C)S(C)=O)cc(Br)c1OC. The predicted octanol–water partition coefficient (Wildman–Crippen LogP) is 2.71. The van der Waals surface area contributed by atoms with Crippen molar-refractivity contribution >= 4 is 26.7 Å². The van der Waals surface area contributed by atoms with Gasteiger partial charge in [-0.25, -0.2) is 0 Å². The molecule has 20 heavy (non-hydrogen) atoms. The predicted molar refractivity (Wildman–Crippen MR) is 87.1 cm³/mol. The first-order valence-corrected chi connectivity index (χ1v) is 8.84. The van der Waals surface area contributed by atoms with E-state index in [1.165, 1.54) is 0 Å².